The molecule has 29 heteroatoms. The zero-order valence-corrected chi connectivity index (χ0v) is 50.5. The Morgan fingerprint density at radius 3 is 1.24 bits per heavy atom. The average Bonchev–Trinajstić information content (AvgIpc) is 2.09. The number of aromatic nitrogens is 9. The van der Waals surface area contributed by atoms with Crippen LogP contribution in [0.5, 0.6) is 0 Å². The molecule has 0 saturated carbocycles. The van der Waals surface area contributed by atoms with Crippen molar-refractivity contribution in [3.05, 3.63) is 229 Å². The molecule has 0 bridgehead atoms. The average molecular weight is 1300 g/mol. The van der Waals surface area contributed by atoms with Crippen molar-refractivity contribution in [3.8, 4) is 33.8 Å². The second-order valence-electron chi connectivity index (χ2n) is 16.7. The van der Waals surface area contributed by atoms with Crippen LogP contribution in [0.1, 0.15) is 36.6 Å². The first-order valence-corrected chi connectivity index (χ1v) is 28.9. The van der Waals surface area contributed by atoms with Gasteiger partial charge in [-0.2, -0.15) is 39.5 Å². The molecule has 0 aliphatic heterocycles. The van der Waals surface area contributed by atoms with Gasteiger partial charge in [0.2, 0.25) is 20.6 Å². The molecule has 14 nitrogen and oxygen atoms in total. The molecule has 0 atom stereocenters. The Morgan fingerprint density at radius 2 is 0.905 bits per heavy atom. The van der Waals surface area contributed by atoms with Crippen molar-refractivity contribution in [3.63, 3.8) is 0 Å². The zero-order chi connectivity index (χ0) is 61.8. The van der Waals surface area contributed by atoms with E-state index in [1.54, 1.807) is 36.8 Å². The Kier molecular flexibility index (Phi) is 25.8. The van der Waals surface area contributed by atoms with Crippen LogP contribution in [0.2, 0.25) is 0 Å². The summed E-state index contributed by atoms with van der Waals surface area (Å²) < 4.78 is 158. The molecule has 9 rings (SSSR count). The fourth-order valence-electron chi connectivity index (χ4n) is 6.81. The van der Waals surface area contributed by atoms with E-state index in [0.29, 0.717) is 23.7 Å². The van der Waals surface area contributed by atoms with Crippen molar-refractivity contribution in [2.24, 2.45) is 0 Å². The topological polar surface area (TPSA) is 188 Å². The Morgan fingerprint density at radius 1 is 0.548 bits per heavy atom. The molecule has 6 aromatic heterocycles. The van der Waals surface area contributed by atoms with Gasteiger partial charge in [-0.3, -0.25) is 18.8 Å². The van der Waals surface area contributed by atoms with Crippen LogP contribution >= 0.6 is 39.5 Å². The Labute approximate surface area is 515 Å². The number of alkyl halides is 11. The third kappa shape index (κ3) is 21.4. The number of aromatic amines is 1. The predicted octanol–water partition coefficient (Wildman–Crippen LogP) is 9.73. The third-order valence-electron chi connectivity index (χ3n) is 10.7. The molecule has 3 aromatic carbocycles. The number of rotatable bonds is 11. The molecule has 0 spiro atoms. The standard InChI is InChI=1S/C18H14F3N3O3S.C18H14F3N3OS.C11H8F3N3OS.C7H7Br.CH3F.Na.H/c1-28(26,27)17-22-14(9-15(23-17)18(19,20)21)13-7-8-16(25)24(11-13)10-12-5-3-2-4-6-12;1-26-17-22-14(9-15(23-17)18(19,20)21)13-7-8-16(25)24(11-13)10-12-5-3-2-4-6-12;1-19-10-16-7(4-8(17-10)11(12,13)14)6-2-3-9(18)15-5-6;8-6-7-4-2-1-3-5-7;1-2;;/h2-9,11H,10H2,1H3;2-9,11H,10H2,1H3;2-5H,1H3,(H,15,18);1-5H,6H2;1H3;;/q;;;;;+1;-1/i;;;;1D;;. The zero-order valence-electron chi connectivity index (χ0n) is 46.4. The summed E-state index contributed by atoms with van der Waals surface area (Å²) in [4.78, 5) is 59.5. The van der Waals surface area contributed by atoms with Gasteiger partial charge in [0.15, 0.2) is 10.3 Å². The second kappa shape index (κ2) is 31.9. The maximum Gasteiger partial charge on any atom is 1.00 e. The van der Waals surface area contributed by atoms with Gasteiger partial charge in [0.25, 0.3) is 11.1 Å². The van der Waals surface area contributed by atoms with Gasteiger partial charge in [0, 0.05) is 65.1 Å². The molecule has 0 saturated heterocycles. The summed E-state index contributed by atoms with van der Waals surface area (Å²) in [7, 11) is -5.07. The molecule has 0 unspecified atom stereocenters. The second-order valence-corrected chi connectivity index (χ2v) is 20.8. The molecule has 438 valence electrons. The Bertz CT molecular complexity index is 3900. The van der Waals surface area contributed by atoms with E-state index in [2.05, 4.69) is 63.0 Å². The van der Waals surface area contributed by atoms with E-state index in [1.807, 2.05) is 54.6 Å². The predicted molar refractivity (Wildman–Crippen MR) is 302 cm³/mol. The van der Waals surface area contributed by atoms with E-state index in [0.717, 1.165) is 58.4 Å². The fraction of sp³-hybridized carbons (Fsp3) is 0.182. The van der Waals surface area contributed by atoms with Crippen molar-refractivity contribution < 1.29 is 84.7 Å². The largest absolute Gasteiger partial charge is 1.00 e. The molecule has 84 heavy (non-hydrogen) atoms. The molecular weight excluding hydrogens is 1260 g/mol. The first kappa shape index (κ1) is 68.0. The van der Waals surface area contributed by atoms with Gasteiger partial charge in [-0.1, -0.05) is 130 Å². The number of thioether (sulfide) groups is 2. The summed E-state index contributed by atoms with van der Waals surface area (Å²) in [6, 6.07) is 38.9. The Hall–Kier alpha value is -6.82. The first-order valence-electron chi connectivity index (χ1n) is 24.2. The number of halogens is 11. The third-order valence-corrected chi connectivity index (χ3v) is 13.3. The quantitative estimate of drug-likeness (QED) is 0.0424. The molecule has 6 heterocycles. The van der Waals surface area contributed by atoms with Gasteiger partial charge >= 0.3 is 48.1 Å². The number of pyridine rings is 3. The molecular formula is C55H47BrF10N9NaO5S3. The van der Waals surface area contributed by atoms with Crippen LogP contribution in [0.25, 0.3) is 33.8 Å². The van der Waals surface area contributed by atoms with E-state index in [9.17, 15) is 66.7 Å². The van der Waals surface area contributed by atoms with Gasteiger partial charge in [0.05, 0.1) is 38.7 Å². The molecule has 0 amide bonds. The number of nitrogens with one attached hydrogen (secondary N) is 1. The van der Waals surface area contributed by atoms with E-state index < -0.39 is 57.8 Å². The van der Waals surface area contributed by atoms with Crippen LogP contribution in [0.4, 0.5) is 43.9 Å². The van der Waals surface area contributed by atoms with Crippen molar-refractivity contribution in [2.45, 2.75) is 52.4 Å². The monoisotopic (exact) mass is 1300 g/mol. The molecule has 0 radical (unpaired) electrons. The van der Waals surface area contributed by atoms with E-state index >= 15 is 0 Å². The van der Waals surface area contributed by atoms with Crippen LogP contribution in [-0.2, 0) is 46.8 Å². The number of hydrogen-bond acceptors (Lipinski definition) is 13. The maximum atomic E-state index is 13.1. The van der Waals surface area contributed by atoms with Crippen LogP contribution in [0.3, 0.4) is 0 Å². The van der Waals surface area contributed by atoms with Gasteiger partial charge in [-0.05, 0) is 65.6 Å². The normalized spacial score (nSPS) is 11.3. The van der Waals surface area contributed by atoms with Gasteiger partial charge in [-0.15, -0.1) is 0 Å². The van der Waals surface area contributed by atoms with Crippen molar-refractivity contribution in [2.75, 3.05) is 25.9 Å². The maximum absolute atomic E-state index is 13.1. The number of sulfone groups is 1. The molecule has 0 fully saturated rings. The SMILES string of the molecule is BrCc1ccccc1.CS(=O)(=O)c1nc(-c2ccc(=O)n(Cc3ccccc3)c2)cc(C(F)(F)F)n1.CSc1nc(-c2ccc(=O)[nH]c2)cc(C(F)(F)F)n1.CSc1nc(-c2ccc(=O)n(Cc3ccccc3)c2)cc(C(F)(F)F)n1.[2H]CF.[H-].[Na+]. The van der Waals surface area contributed by atoms with Gasteiger partial charge < -0.3 is 15.5 Å². The van der Waals surface area contributed by atoms with Crippen LogP contribution in [-0.4, -0.2) is 78.4 Å². The minimum absolute atomic E-state index is 0. The number of benzene rings is 3. The van der Waals surface area contributed by atoms with Crippen LogP contribution in [0, 0.1) is 0 Å². The molecule has 9 aromatic rings. The number of hydrogen-bond donors (Lipinski definition) is 1. The first-order chi connectivity index (χ1) is 39.6. The van der Waals surface area contributed by atoms with Gasteiger partial charge in [-0.25, -0.2) is 38.3 Å². The van der Waals surface area contributed by atoms with Crippen molar-refractivity contribution in [1.82, 2.24) is 44.0 Å². The van der Waals surface area contributed by atoms with E-state index in [1.165, 1.54) is 69.7 Å². The summed E-state index contributed by atoms with van der Waals surface area (Å²) in [5, 5.41) is 0.0678. The number of nitrogens with zero attached hydrogens (tertiary/aromatic N) is 8. The van der Waals surface area contributed by atoms with Crippen molar-refractivity contribution >= 4 is 49.3 Å². The number of H-pyrrole nitrogens is 1. The summed E-state index contributed by atoms with van der Waals surface area (Å²) in [5.74, 6) is 0. The van der Waals surface area contributed by atoms with E-state index in [-0.39, 0.29) is 87.2 Å². The molecule has 0 aliphatic carbocycles. The summed E-state index contributed by atoms with van der Waals surface area (Å²) >= 11 is 5.40. The molecule has 0 aliphatic rings. The summed E-state index contributed by atoms with van der Waals surface area (Å²) in [5.41, 5.74) is -0.307. The Balaban J connectivity index is 0.000000310. The fourth-order valence-corrected chi connectivity index (χ4v) is 8.47. The van der Waals surface area contributed by atoms with Crippen molar-refractivity contribution in [1.29, 1.82) is 0 Å². The van der Waals surface area contributed by atoms with Crippen LogP contribution in [0.15, 0.2) is 194 Å². The summed E-state index contributed by atoms with van der Waals surface area (Å²) in [6.45, 7) is 0.518. The smallest absolute Gasteiger partial charge is 1.00 e. The molecule has 1 N–H and O–H groups in total. The van der Waals surface area contributed by atoms with Gasteiger partial charge in [0.1, 0.15) is 17.1 Å². The van der Waals surface area contributed by atoms with Crippen LogP contribution < -0.4 is 46.2 Å². The minimum Gasteiger partial charge on any atom is -1.00 e. The van der Waals surface area contributed by atoms with E-state index in [4.69, 9.17) is 1.37 Å². The minimum atomic E-state index is -4.85. The summed E-state index contributed by atoms with van der Waals surface area (Å²) in [6.07, 6.45) is -5.87.